The van der Waals surface area contributed by atoms with Gasteiger partial charge in [-0.2, -0.15) is 8.42 Å². The molecule has 8 atom stereocenters. The summed E-state index contributed by atoms with van der Waals surface area (Å²) in [4.78, 5) is 61.6. The third-order valence-corrected chi connectivity index (χ3v) is 18.2. The Morgan fingerprint density at radius 3 is 1.30 bits per heavy atom. The number of carboxylic acids is 1. The van der Waals surface area contributed by atoms with E-state index in [2.05, 4.69) is 89.4 Å². The van der Waals surface area contributed by atoms with E-state index in [0.29, 0.717) is 26.1 Å². The smallest absolute Gasteiger partial charge is 1.00 e. The molecule has 0 aliphatic carbocycles. The molecular formula is C76H115AlLiN5O18S. The molecule has 7 saturated heterocycles. The fourth-order valence-corrected chi connectivity index (χ4v) is 12.4. The van der Waals surface area contributed by atoms with Gasteiger partial charge in [0.2, 0.25) is 0 Å². The normalized spacial score (nSPS) is 21.1. The van der Waals surface area contributed by atoms with Gasteiger partial charge in [-0.05, 0) is 54.2 Å². The zero-order valence-electron chi connectivity index (χ0n) is 60.4. The van der Waals surface area contributed by atoms with E-state index in [0.717, 1.165) is 126 Å². The molecule has 7 N–H and O–H groups in total. The van der Waals surface area contributed by atoms with Crippen molar-refractivity contribution in [2.24, 2.45) is 47.3 Å². The van der Waals surface area contributed by atoms with Crippen molar-refractivity contribution in [3.05, 3.63) is 186 Å². The fourth-order valence-electron chi connectivity index (χ4n) is 12.0. The predicted molar refractivity (Wildman–Crippen MR) is 395 cm³/mol. The number of likely N-dealkylation sites (tertiary alicyclic amines) is 3. The molecule has 5 aromatic rings. The zero-order chi connectivity index (χ0) is 72.2. The largest absolute Gasteiger partial charge is 1.00 e. The van der Waals surface area contributed by atoms with Gasteiger partial charge in [0.05, 0.1) is 65.1 Å². The molecule has 26 heteroatoms. The van der Waals surface area contributed by atoms with Crippen LogP contribution in [0.2, 0.25) is 0 Å². The molecule has 7 fully saturated rings. The van der Waals surface area contributed by atoms with Gasteiger partial charge >= 0.3 is 42.7 Å². The van der Waals surface area contributed by atoms with Crippen molar-refractivity contribution in [3.8, 4) is 0 Å². The summed E-state index contributed by atoms with van der Waals surface area (Å²) < 4.78 is 58.5. The van der Waals surface area contributed by atoms with E-state index in [-0.39, 0.29) is 105 Å². The first-order valence-corrected chi connectivity index (χ1v) is 35.1. The SMILES string of the molecule is C.C1CCOC1.C1NCC2COCC12.CCC(=O)[C@H]1CN(Cc2ccccc2)C[C@H]1C(=O)OC.CO.COC(=O)/C=C\C(=O)OC.Cc1ccc(S(=O)(=O)O)cc1.O=C(O)CNCc1ccccc1.OC[C@@H]1CN(Cc2ccccc2)C[C@@H]1CO.[AlH3].[H-].[Li+].c1ccc(CN2C[C@H]3COC[C@H]3C2)cc1. The minimum absolute atomic E-state index is 0. The van der Waals surface area contributed by atoms with Gasteiger partial charge in [-0.1, -0.05) is 153 Å². The van der Waals surface area contributed by atoms with Crippen LogP contribution in [0.3, 0.4) is 0 Å². The van der Waals surface area contributed by atoms with E-state index >= 15 is 0 Å². The molecule has 0 spiro atoms. The van der Waals surface area contributed by atoms with Crippen LogP contribution in [0.1, 0.15) is 62.9 Å². The number of aliphatic hydroxyl groups excluding tert-OH is 3. The van der Waals surface area contributed by atoms with Crippen molar-refractivity contribution in [1.82, 2.24) is 25.3 Å². The molecule has 23 nitrogen and oxygen atoms in total. The van der Waals surface area contributed by atoms with Crippen LogP contribution < -0.4 is 29.5 Å². The number of rotatable bonds is 18. The second kappa shape index (κ2) is 54.6. The number of ketones is 1. The van der Waals surface area contributed by atoms with E-state index in [4.69, 9.17) is 33.7 Å². The van der Waals surface area contributed by atoms with Crippen molar-refractivity contribution < 1.29 is 106 Å². The van der Waals surface area contributed by atoms with Crippen LogP contribution >= 0.6 is 0 Å². The molecule has 562 valence electrons. The minimum Gasteiger partial charge on any atom is -1.00 e. The monoisotopic (exact) mass is 1450 g/mol. The average molecular weight is 1450 g/mol. The summed E-state index contributed by atoms with van der Waals surface area (Å²) in [5.41, 5.74) is 5.97. The predicted octanol–water partition coefficient (Wildman–Crippen LogP) is 3.19. The Morgan fingerprint density at radius 2 is 0.951 bits per heavy atom. The number of esters is 3. The van der Waals surface area contributed by atoms with Gasteiger partial charge in [0.25, 0.3) is 10.1 Å². The first-order chi connectivity index (χ1) is 47.9. The standard InChI is InChI=1S/C16H21NO3.C13H19NO2.C13H17NO.C9H11NO2.C7H8O3S.C6H11NO.C6H8O4.C4H8O.CH4O.CH4.Al.Li.4H/c1-3-15(18)13-10-17(11-14(13)16(19)20-2)9-12-7-5-4-6-8-12;15-9-12-7-14(8-13(12)10-16)6-11-4-2-1-3-5-11;1-2-4-11(5-3-1)6-14-7-12-9-15-10-13(12)8-14;11-9(12)7-10-6-8-4-2-1-3-5-8;1-6-2-4-7(5-3-6)11(8,9)10;1-5-3-8-4-6(5)2-7-1;1-9-5(7)3-4-6(8)10-2;1-2-4-5-3-1;1-2;;;;;;;/h4-8,13-14H,3,9-11H2,1-2H3;1-5,12-13,15-16H,6-10H2;1-5,12-13H,6-10H2;1-5,10H,6-7H2,(H,11,12);2-5H,1H3,(H,8,9,10);5-7H,1-4H2;3-4H,1-2H3;1-4H2;2H,1H3;1H4;;;;;;/q;;;;;;;;;;;+1;;;;-1/b;;;;;;4-3-;;;;;;;;;/t13-,14+;2*12-,13+;;;;;;;;;;;;;/m0.............../s1. The van der Waals surface area contributed by atoms with E-state index in [1.165, 1.54) is 89.2 Å². The first kappa shape index (κ1) is 94.0. The third kappa shape index (κ3) is 37.1. The minimum atomic E-state index is -4.02. The molecule has 102 heavy (non-hydrogen) atoms. The van der Waals surface area contributed by atoms with Gasteiger partial charge in [0, 0.05) is 172 Å². The second-order valence-corrected chi connectivity index (χ2v) is 26.1. The van der Waals surface area contributed by atoms with Crippen molar-refractivity contribution in [3.63, 3.8) is 0 Å². The second-order valence-electron chi connectivity index (χ2n) is 24.7. The summed E-state index contributed by atoms with van der Waals surface area (Å²) in [6, 6.07) is 46.8. The molecule has 0 aromatic heterocycles. The summed E-state index contributed by atoms with van der Waals surface area (Å²) in [7, 11) is 0.817. The number of aliphatic carboxylic acids is 1. The Bertz CT molecular complexity index is 3100. The van der Waals surface area contributed by atoms with Gasteiger partial charge in [-0.15, -0.1) is 0 Å². The maximum atomic E-state index is 12.0. The van der Waals surface area contributed by atoms with Gasteiger partial charge < -0.3 is 60.9 Å². The Kier molecular flexibility index (Phi) is 50.3. The van der Waals surface area contributed by atoms with Crippen LogP contribution in [0.25, 0.3) is 0 Å². The summed E-state index contributed by atoms with van der Waals surface area (Å²) >= 11 is 0. The molecular weight excluding hydrogens is 1340 g/mol. The van der Waals surface area contributed by atoms with Gasteiger partial charge in [0.1, 0.15) is 5.78 Å². The Hall–Kier alpha value is -6.01. The van der Waals surface area contributed by atoms with Crippen molar-refractivity contribution in [2.45, 2.75) is 71.6 Å². The molecule has 7 heterocycles. The third-order valence-electron chi connectivity index (χ3n) is 17.3. The number of carbonyl (C=O) groups excluding carboxylic acids is 4. The van der Waals surface area contributed by atoms with Crippen molar-refractivity contribution in [1.29, 1.82) is 0 Å². The summed E-state index contributed by atoms with van der Waals surface area (Å²) in [6.07, 6.45) is 5.01. The molecule has 12 rings (SSSR count). The number of hydrogen-bond acceptors (Lipinski definition) is 21. The van der Waals surface area contributed by atoms with E-state index in [1.54, 1.807) is 12.1 Å². The molecule has 0 amide bonds. The number of hydrogen-bond donors (Lipinski definition) is 7. The van der Waals surface area contributed by atoms with Crippen LogP contribution in [-0.4, -0.2) is 235 Å². The zero-order valence-corrected chi connectivity index (χ0v) is 60.2. The number of nitrogens with zero attached hydrogens (tertiary/aromatic N) is 3. The van der Waals surface area contributed by atoms with Gasteiger partial charge in [-0.3, -0.25) is 33.6 Å². The summed E-state index contributed by atoms with van der Waals surface area (Å²) in [5, 5.41) is 39.9. The molecule has 0 bridgehead atoms. The van der Waals surface area contributed by atoms with E-state index in [1.807, 2.05) is 80.6 Å². The number of carboxylic acid groups (broad SMARTS) is 1. The number of methoxy groups -OCH3 is 3. The molecule has 0 radical (unpaired) electrons. The summed E-state index contributed by atoms with van der Waals surface area (Å²) in [5.74, 6) is 1.09. The topological polar surface area (TPSA) is 310 Å². The summed E-state index contributed by atoms with van der Waals surface area (Å²) in [6.45, 7) is 21.2. The fraction of sp³-hybridized carbons (Fsp3) is 0.513. The molecule has 0 saturated carbocycles. The van der Waals surface area contributed by atoms with Crippen LogP contribution in [0.15, 0.2) is 163 Å². The number of Topliss-reactive ketones (excluding diaryl/α,β-unsaturated/α-hetero) is 1. The average Bonchev–Trinajstić information content (AvgIpc) is 1.76. The van der Waals surface area contributed by atoms with Crippen LogP contribution in [-0.2, 0) is 88.7 Å². The number of ether oxygens (including phenoxy) is 6. The molecule has 5 aromatic carbocycles. The first-order valence-electron chi connectivity index (χ1n) is 33.7. The Balaban J connectivity index is 0.00000117. The Labute approximate surface area is 629 Å². The number of aliphatic hydroxyl groups is 3. The quantitative estimate of drug-likeness (QED) is 0.0218. The molecule has 7 aliphatic heterocycles. The molecule has 2 unspecified atom stereocenters. The van der Waals surface area contributed by atoms with Crippen LogP contribution in [0, 0.1) is 54.3 Å². The maximum absolute atomic E-state index is 12.0. The van der Waals surface area contributed by atoms with Crippen LogP contribution in [0.4, 0.5) is 0 Å². The van der Waals surface area contributed by atoms with E-state index in [9.17, 15) is 42.6 Å². The number of fused-ring (bicyclic) bond motifs is 2. The van der Waals surface area contributed by atoms with Gasteiger partial charge in [0.15, 0.2) is 17.4 Å². The Morgan fingerprint density at radius 1 is 0.569 bits per heavy atom. The number of nitrogens with one attached hydrogen (secondary N) is 2. The van der Waals surface area contributed by atoms with Crippen molar-refractivity contribution in [2.75, 3.05) is 140 Å². The van der Waals surface area contributed by atoms with Gasteiger partial charge in [-0.25, -0.2) is 9.59 Å². The number of carbonyl (C=O) groups is 5. The van der Waals surface area contributed by atoms with E-state index < -0.39 is 28.0 Å². The molecule has 7 aliphatic rings. The van der Waals surface area contributed by atoms with Crippen molar-refractivity contribution >= 4 is 57.1 Å². The maximum Gasteiger partial charge on any atom is 1.00 e. The van der Waals surface area contributed by atoms with Crippen LogP contribution in [0.5, 0.6) is 0 Å². The number of aryl methyl sites for hydroxylation is 1. The number of benzene rings is 5.